The summed E-state index contributed by atoms with van der Waals surface area (Å²) in [6.45, 7) is -4.12. The molecular weight excluding hydrogens is 1470 g/mol. The van der Waals surface area contributed by atoms with Crippen LogP contribution in [0.25, 0.3) is 0 Å². The summed E-state index contributed by atoms with van der Waals surface area (Å²) in [5, 5.41) is 74.0. The van der Waals surface area contributed by atoms with Gasteiger partial charge in [0.25, 0.3) is 0 Å². The average molecular weight is 1530 g/mol. The molecule has 5 fully saturated rings. The van der Waals surface area contributed by atoms with Crippen LogP contribution in [0, 0.1) is 0 Å². The number of aliphatic hydroxyl groups is 6. The normalized spacial score (nSPS) is 29.5. The number of nitrogens with one attached hydrogen (secondary N) is 3. The van der Waals surface area contributed by atoms with Gasteiger partial charge in [-0.25, -0.2) is 81.5 Å². The van der Waals surface area contributed by atoms with Crippen LogP contribution >= 0.6 is 0 Å². The van der Waals surface area contributed by atoms with Crippen LogP contribution < -0.4 is 24.4 Å². The minimum absolute atomic E-state index is 0. The minimum Gasteiger partial charge on any atom is -0.735 e. The summed E-state index contributed by atoms with van der Waals surface area (Å²) in [6, 6.07) is -3.87. The Kier molecular flexibility index (Phi) is 45.6. The third-order valence-electron chi connectivity index (χ3n) is 10.6. The molecule has 0 radical (unpaired) electrons. The maximum atomic E-state index is 10.6. The van der Waals surface area contributed by atoms with Gasteiger partial charge in [-0.2, -0.15) is 0 Å². The maximum Gasteiger partial charge on any atom is 0.218 e. The van der Waals surface area contributed by atoms with Gasteiger partial charge in [0, 0.05) is 39.9 Å². The van der Waals surface area contributed by atoms with Crippen LogP contribution in [0.1, 0.15) is 25.7 Å². The fraction of sp³-hybridized carbons (Fsp3) is 0.938. The number of methoxy groups -OCH3 is 1. The molecule has 17 N–H and O–H groups in total. The van der Waals surface area contributed by atoms with Gasteiger partial charge in [-0.3, -0.25) is 20.9 Å². The van der Waals surface area contributed by atoms with Gasteiger partial charge in [0.2, 0.25) is 52.0 Å². The number of ether oxygens (including phenoxy) is 6. The molecule has 0 aromatic carbocycles. The lowest BCUT2D eigenvalue weighted by molar-refractivity contribution is -0.322. The van der Waals surface area contributed by atoms with E-state index in [1.54, 1.807) is 9.44 Å². The highest BCUT2D eigenvalue weighted by Crippen LogP contribution is 2.23. The number of rotatable bonds is 22. The Morgan fingerprint density at radius 3 is 1.15 bits per heavy atom. The van der Waals surface area contributed by atoms with Crippen molar-refractivity contribution in [3.63, 3.8) is 0 Å². The van der Waals surface area contributed by atoms with Gasteiger partial charge in [-0.15, -0.1) is 0 Å². The first-order valence-corrected chi connectivity index (χ1v) is 33.8. The first kappa shape index (κ1) is 97.9. The summed E-state index contributed by atoms with van der Waals surface area (Å²) < 4.78 is 303. The highest BCUT2D eigenvalue weighted by molar-refractivity contribution is 7.84. The van der Waals surface area contributed by atoms with Crippen LogP contribution in [0.4, 0.5) is 0 Å². The van der Waals surface area contributed by atoms with E-state index in [2.05, 4.69) is 30.4 Å². The highest BCUT2D eigenvalue weighted by Gasteiger charge is 2.41. The summed E-state index contributed by atoms with van der Waals surface area (Å²) in [7, 11) is -37.4. The Bertz CT molecular complexity index is 3090. The van der Waals surface area contributed by atoms with Crippen molar-refractivity contribution in [1.82, 2.24) is 14.2 Å². The first-order valence-electron chi connectivity index (χ1n) is 22.9. The fourth-order valence-corrected chi connectivity index (χ4v) is 10.6. The second kappa shape index (κ2) is 42.8. The number of hydrogen-bond acceptors (Lipinski definition) is 45. The van der Waals surface area contributed by atoms with Crippen molar-refractivity contribution >= 4 is 94.8 Å². The van der Waals surface area contributed by atoms with Crippen molar-refractivity contribution in [2.75, 3.05) is 67.1 Å². The van der Waals surface area contributed by atoms with Gasteiger partial charge in [-0.05, 0) is 0 Å². The summed E-state index contributed by atoms with van der Waals surface area (Å²) >= 11 is 0. The molecule has 0 saturated carbocycles. The second-order valence-electron chi connectivity index (χ2n) is 17.2. The molecule has 60 heteroatoms. The Morgan fingerprint density at radius 1 is 0.424 bits per heavy atom. The molecule has 0 aliphatic carbocycles. The van der Waals surface area contributed by atoms with Crippen molar-refractivity contribution in [1.29, 1.82) is 0 Å². The second-order valence-corrected chi connectivity index (χ2v) is 25.8. The molecule has 0 amide bonds. The van der Waals surface area contributed by atoms with Crippen molar-refractivity contribution in [3.05, 3.63) is 0 Å². The van der Waals surface area contributed by atoms with Crippen molar-refractivity contribution < 1.29 is 225 Å². The number of carboxylic acids is 2. The van der Waals surface area contributed by atoms with Gasteiger partial charge in [0.1, 0.15) is 30.5 Å². The predicted molar refractivity (Wildman–Crippen MR) is 267 cm³/mol. The summed E-state index contributed by atoms with van der Waals surface area (Å²) in [6.07, 6.45) is -17.1. The van der Waals surface area contributed by atoms with E-state index in [1.165, 1.54) is 4.72 Å². The van der Waals surface area contributed by atoms with Crippen molar-refractivity contribution in [2.24, 2.45) is 0 Å². The molecule has 0 aromatic heterocycles. The van der Waals surface area contributed by atoms with Gasteiger partial charge >= 0.3 is 0 Å². The van der Waals surface area contributed by atoms with Gasteiger partial charge in [0.05, 0.1) is 132 Å². The lowest BCUT2D eigenvalue weighted by atomic mass is 9.99. The standard InChI is InChI=1S/C7H15NO10S2.C6H13NO12S3.C6H13NO9S2.C6H10O8S.C6H10O5.CH4O.4H2O/c1-16-7-5(3-18-20(13,14)15)17-2-4(6(7)9)8-19(10,11)12;8-20(9,10)7-5-3-17-4(2-18-21(11,12)13)1-6(5)19-22(14,15)16;8-6-1-4(2-16-18(12,13)14)15-3-5(6)7-17(9,10)11;7-3-1-4(6(8)9)13-2-5(3)14-15(10,11)12;7-3-1-5(6(9)10)11-2-4(3)8;1-2;;;;/h4-9H,2-3H2,1H3,(H,10,11,12)(H,13,14,15);4-7H,1-3H2,(H,8,9,10)(H,11,12,13)(H,14,15,16);4-8H,1-3H2,(H,9,10,11)(H,12,13,14);3-5,7H,1-2H2,(H,8,9)(H,10,11,12);3-5,7-8H,1-2H2,(H,9,10);2H,1H3;4*1H2/p-10/t4?,5?,6-,7+;2*4?,5?,6-;2*3-,4?,5?;;;;;/m01111...../s1. The number of carbonyl (C=O) groups excluding carboxylic acids is 2. The maximum absolute atomic E-state index is 10.6. The summed E-state index contributed by atoms with van der Waals surface area (Å²) in [4.78, 5) is 20.5. The van der Waals surface area contributed by atoms with Gasteiger partial charge in [0.15, 0.2) is 30.9 Å². The van der Waals surface area contributed by atoms with E-state index in [-0.39, 0.29) is 54.4 Å². The van der Waals surface area contributed by atoms with Crippen LogP contribution in [-0.4, -0.2) is 333 Å². The lowest BCUT2D eigenvalue weighted by Crippen LogP contribution is -2.60. The average Bonchev–Trinajstić information content (AvgIpc) is 0.888. The highest BCUT2D eigenvalue weighted by atomic mass is 32.3. The Morgan fingerprint density at radius 2 is 0.783 bits per heavy atom. The topological polar surface area (TPSA) is 923 Å². The van der Waals surface area contributed by atoms with Crippen molar-refractivity contribution in [2.45, 2.75) is 123 Å². The monoisotopic (exact) mass is 1530 g/mol. The third kappa shape index (κ3) is 45.7. The Labute approximate surface area is 522 Å². The first-order chi connectivity index (χ1) is 39.8. The quantitative estimate of drug-likeness (QED) is 0.0359. The number of hydrogen-bond donors (Lipinski definition) is 9. The molecule has 0 bridgehead atoms. The Balaban J connectivity index is -0.000000341. The summed E-state index contributed by atoms with van der Waals surface area (Å²) in [5.74, 6) is -2.87. The zero-order chi connectivity index (χ0) is 68.8. The predicted octanol–water partition coefficient (Wildman–Crippen LogP) is -19.5. The molecule has 10 unspecified atom stereocenters. The van der Waals surface area contributed by atoms with Crippen LogP contribution in [0.3, 0.4) is 0 Å². The fourth-order valence-electron chi connectivity index (χ4n) is 6.94. The molecule has 5 heterocycles. The smallest absolute Gasteiger partial charge is 0.218 e. The molecule has 5 aliphatic rings. The molecule has 558 valence electrons. The van der Waals surface area contributed by atoms with E-state index < -0.39 is 238 Å². The molecule has 0 spiro atoms. The molecule has 52 nitrogen and oxygen atoms in total. The van der Waals surface area contributed by atoms with E-state index in [0.717, 1.165) is 14.2 Å². The van der Waals surface area contributed by atoms with E-state index in [4.69, 9.17) is 34.3 Å². The molecule has 5 rings (SSSR count). The van der Waals surface area contributed by atoms with Crippen LogP contribution in [0.5, 0.6) is 0 Å². The molecule has 92 heavy (non-hydrogen) atoms. The summed E-state index contributed by atoms with van der Waals surface area (Å²) in [5.41, 5.74) is 0. The third-order valence-corrected chi connectivity index (χ3v) is 14.6. The molecule has 5 saturated heterocycles. The molecule has 16 atom stereocenters. The Hall–Kier alpha value is -2.74. The number of carbonyl (C=O) groups is 2. The zero-order valence-electron chi connectivity index (χ0n) is 46.1. The van der Waals surface area contributed by atoms with Gasteiger partial charge < -0.3 is 137 Å². The van der Waals surface area contributed by atoms with Crippen LogP contribution in [-0.2, 0) is 142 Å². The molecule has 5 aliphatic heterocycles. The number of carboxylic acid groups (broad SMARTS) is 2. The van der Waals surface area contributed by atoms with E-state index >= 15 is 0 Å². The van der Waals surface area contributed by atoms with Crippen molar-refractivity contribution in [3.8, 4) is 0 Å². The lowest BCUT2D eigenvalue weighted by Gasteiger charge is -2.39. The molecule has 0 aromatic rings. The van der Waals surface area contributed by atoms with Gasteiger partial charge in [-0.1, -0.05) is 0 Å². The largest absolute Gasteiger partial charge is 0.735 e. The number of aliphatic hydroxyl groups excluding tert-OH is 6. The minimum atomic E-state index is -5.24. The van der Waals surface area contributed by atoms with Crippen LogP contribution in [0.2, 0.25) is 0 Å². The van der Waals surface area contributed by atoms with E-state index in [0.29, 0.717) is 0 Å². The van der Waals surface area contributed by atoms with E-state index in [1.807, 2.05) is 0 Å². The SMILES string of the molecule is CO.CO[C@@H]1C(COS(=O)(=O)[O-])OCC(NS(=O)(=O)[O-])[C@@H]1O.O.O.O.O.O=C([O-])C1C[C@@H](O)C(O)CO1.O=C([O-])C1C[C@@H](O)C(OS(=O)(=O)[O-])CO1.O=S(=O)([O-])NC1COC(COS(=O)(=O)[O-])C[C@H]1O.O=S(=O)([O-])NC1COC(COS(=O)(=O)[O-])C[C@H]1OS(=O)(=O)[O-]. The zero-order valence-corrected chi connectivity index (χ0v) is 52.6. The van der Waals surface area contributed by atoms with Crippen LogP contribution in [0.15, 0.2) is 0 Å². The number of aliphatic carboxylic acids is 2. The molecular formula is C32H63N3O49S8-10. The van der Waals surface area contributed by atoms with E-state index in [9.17, 15) is 139 Å².